The van der Waals surface area contributed by atoms with Gasteiger partial charge < -0.3 is 4.52 Å². The molecule has 0 bridgehead atoms. The molecule has 8 heteroatoms. The first-order valence-corrected chi connectivity index (χ1v) is 9.15. The predicted octanol–water partition coefficient (Wildman–Crippen LogP) is 3.01. The lowest BCUT2D eigenvalue weighted by Gasteiger charge is -2.06. The number of nitrogens with one attached hydrogen (secondary N) is 1. The van der Waals surface area contributed by atoms with E-state index in [4.69, 9.17) is 16.1 Å². The number of aromatic nitrogens is 2. The number of halogens is 1. The fraction of sp³-hybridized carbons (Fsp3) is 0.125. The van der Waals surface area contributed by atoms with Crippen LogP contribution in [0.15, 0.2) is 59.1 Å². The fourth-order valence-electron chi connectivity index (χ4n) is 2.07. The van der Waals surface area contributed by atoms with Crippen molar-refractivity contribution in [2.45, 2.75) is 12.3 Å². The molecule has 0 amide bonds. The van der Waals surface area contributed by atoms with Crippen LogP contribution in [0.2, 0.25) is 5.02 Å². The summed E-state index contributed by atoms with van der Waals surface area (Å²) in [6, 6.07) is 16.1. The van der Waals surface area contributed by atoms with Crippen molar-refractivity contribution in [2.24, 2.45) is 0 Å². The van der Waals surface area contributed by atoms with Crippen LogP contribution in [0.5, 0.6) is 0 Å². The van der Waals surface area contributed by atoms with Crippen molar-refractivity contribution in [3.8, 4) is 11.4 Å². The summed E-state index contributed by atoms with van der Waals surface area (Å²) in [4.78, 5) is 4.18. The summed E-state index contributed by atoms with van der Waals surface area (Å²) in [5, 5.41) is 4.25. The minimum atomic E-state index is -3.57. The Morgan fingerprint density at radius 3 is 2.50 bits per heavy atom. The Labute approximate surface area is 144 Å². The van der Waals surface area contributed by atoms with E-state index in [1.54, 1.807) is 24.3 Å². The summed E-state index contributed by atoms with van der Waals surface area (Å²) < 4.78 is 31.8. The molecule has 0 aliphatic rings. The zero-order valence-corrected chi connectivity index (χ0v) is 14.1. The molecule has 0 aliphatic heterocycles. The highest BCUT2D eigenvalue weighted by atomic mass is 35.5. The lowest BCUT2D eigenvalue weighted by atomic mass is 10.2. The number of nitrogens with zero attached hydrogens (tertiary/aromatic N) is 2. The maximum atomic E-state index is 12.1. The van der Waals surface area contributed by atoms with Gasteiger partial charge in [-0.2, -0.15) is 4.98 Å². The average Bonchev–Trinajstić information content (AvgIpc) is 3.05. The number of benzene rings is 2. The van der Waals surface area contributed by atoms with Crippen molar-refractivity contribution in [1.82, 2.24) is 14.9 Å². The number of hydrogen-bond acceptors (Lipinski definition) is 5. The van der Waals surface area contributed by atoms with Gasteiger partial charge in [0.2, 0.25) is 21.7 Å². The van der Waals surface area contributed by atoms with Gasteiger partial charge in [0.25, 0.3) is 0 Å². The van der Waals surface area contributed by atoms with Crippen molar-refractivity contribution in [3.05, 3.63) is 71.1 Å². The molecule has 1 heterocycles. The Balaban J connectivity index is 1.65. The van der Waals surface area contributed by atoms with Crippen LogP contribution < -0.4 is 4.72 Å². The van der Waals surface area contributed by atoms with Gasteiger partial charge in [-0.05, 0) is 11.6 Å². The van der Waals surface area contributed by atoms with E-state index < -0.39 is 10.0 Å². The first-order valence-electron chi connectivity index (χ1n) is 7.12. The second kappa shape index (κ2) is 7.12. The van der Waals surface area contributed by atoms with Gasteiger partial charge in [0.1, 0.15) is 0 Å². The normalized spacial score (nSPS) is 11.5. The molecule has 1 N–H and O–H groups in total. The molecular weight excluding hydrogens is 350 g/mol. The van der Waals surface area contributed by atoms with Gasteiger partial charge in [-0.15, -0.1) is 0 Å². The molecule has 3 aromatic rings. The largest absolute Gasteiger partial charge is 0.338 e. The SMILES string of the molecule is O=S(=O)(Cc1ccccc1Cl)NCc1nc(-c2ccccc2)no1. The summed E-state index contributed by atoms with van der Waals surface area (Å²) in [6.45, 7) is -0.0768. The first-order chi connectivity index (χ1) is 11.5. The first kappa shape index (κ1) is 16.6. The van der Waals surface area contributed by atoms with Crippen LogP contribution in [0.25, 0.3) is 11.4 Å². The molecule has 0 spiro atoms. The number of sulfonamides is 1. The van der Waals surface area contributed by atoms with Crippen LogP contribution in [-0.2, 0) is 22.3 Å². The third-order valence-corrected chi connectivity index (χ3v) is 4.89. The van der Waals surface area contributed by atoms with Gasteiger partial charge in [-0.1, -0.05) is 65.3 Å². The van der Waals surface area contributed by atoms with E-state index in [0.717, 1.165) is 5.56 Å². The van der Waals surface area contributed by atoms with Crippen LogP contribution in [0, 0.1) is 0 Å². The quantitative estimate of drug-likeness (QED) is 0.727. The minimum Gasteiger partial charge on any atom is -0.338 e. The monoisotopic (exact) mass is 363 g/mol. The molecule has 0 unspecified atom stereocenters. The molecule has 24 heavy (non-hydrogen) atoms. The van der Waals surface area contributed by atoms with Crippen LogP contribution in [0.4, 0.5) is 0 Å². The summed E-state index contributed by atoms with van der Waals surface area (Å²) in [7, 11) is -3.57. The maximum Gasteiger partial charge on any atom is 0.242 e. The Kier molecular flexibility index (Phi) is 4.94. The number of rotatable bonds is 6. The van der Waals surface area contributed by atoms with Gasteiger partial charge in [-0.25, -0.2) is 13.1 Å². The van der Waals surface area contributed by atoms with E-state index in [2.05, 4.69) is 14.9 Å². The summed E-state index contributed by atoms with van der Waals surface area (Å²) in [6.07, 6.45) is 0. The molecule has 3 rings (SSSR count). The van der Waals surface area contributed by atoms with Crippen molar-refractivity contribution in [1.29, 1.82) is 0 Å². The van der Waals surface area contributed by atoms with Crippen molar-refractivity contribution in [3.63, 3.8) is 0 Å². The van der Waals surface area contributed by atoms with Crippen molar-refractivity contribution in [2.75, 3.05) is 0 Å². The molecular formula is C16H14ClN3O3S. The molecule has 124 valence electrons. The standard InChI is InChI=1S/C16H14ClN3O3S/c17-14-9-5-4-8-13(14)11-24(21,22)18-10-15-19-16(20-23-15)12-6-2-1-3-7-12/h1-9,18H,10-11H2. The Morgan fingerprint density at radius 2 is 1.75 bits per heavy atom. The maximum absolute atomic E-state index is 12.1. The van der Waals surface area contributed by atoms with E-state index in [0.29, 0.717) is 16.4 Å². The third-order valence-electron chi connectivity index (χ3n) is 3.25. The Morgan fingerprint density at radius 1 is 1.04 bits per heavy atom. The van der Waals surface area contributed by atoms with Crippen LogP contribution in [0.3, 0.4) is 0 Å². The van der Waals surface area contributed by atoms with Gasteiger partial charge in [0.15, 0.2) is 0 Å². The van der Waals surface area contributed by atoms with Crippen molar-refractivity contribution >= 4 is 21.6 Å². The average molecular weight is 364 g/mol. The third kappa shape index (κ3) is 4.19. The highest BCUT2D eigenvalue weighted by Gasteiger charge is 2.16. The predicted molar refractivity (Wildman–Crippen MR) is 90.6 cm³/mol. The second-order valence-corrected chi connectivity index (χ2v) is 7.26. The molecule has 0 fully saturated rings. The summed E-state index contributed by atoms with van der Waals surface area (Å²) in [5.74, 6) is 0.388. The van der Waals surface area contributed by atoms with Gasteiger partial charge in [0, 0.05) is 10.6 Å². The second-order valence-electron chi connectivity index (χ2n) is 5.05. The van der Waals surface area contributed by atoms with E-state index in [-0.39, 0.29) is 18.2 Å². The van der Waals surface area contributed by atoms with E-state index in [1.165, 1.54) is 0 Å². The molecule has 6 nitrogen and oxygen atoms in total. The van der Waals surface area contributed by atoms with Gasteiger partial charge in [0.05, 0.1) is 12.3 Å². The highest BCUT2D eigenvalue weighted by molar-refractivity contribution is 7.88. The summed E-state index contributed by atoms with van der Waals surface area (Å²) >= 11 is 5.99. The molecule has 0 saturated heterocycles. The van der Waals surface area contributed by atoms with Crippen LogP contribution in [0.1, 0.15) is 11.5 Å². The Bertz CT molecular complexity index is 927. The Hall–Kier alpha value is -2.22. The van der Waals surface area contributed by atoms with Crippen LogP contribution >= 0.6 is 11.6 Å². The van der Waals surface area contributed by atoms with Crippen molar-refractivity contribution < 1.29 is 12.9 Å². The topological polar surface area (TPSA) is 85.1 Å². The summed E-state index contributed by atoms with van der Waals surface area (Å²) in [5.41, 5.74) is 1.33. The molecule has 0 radical (unpaired) electrons. The van der Waals surface area contributed by atoms with E-state index in [9.17, 15) is 8.42 Å². The molecule has 2 aromatic carbocycles. The zero-order valence-electron chi connectivity index (χ0n) is 12.5. The molecule has 0 aliphatic carbocycles. The lowest BCUT2D eigenvalue weighted by molar-refractivity contribution is 0.376. The lowest BCUT2D eigenvalue weighted by Crippen LogP contribution is -2.25. The molecule has 0 atom stereocenters. The molecule has 0 saturated carbocycles. The fourth-order valence-corrected chi connectivity index (χ4v) is 3.46. The molecule has 1 aromatic heterocycles. The van der Waals surface area contributed by atoms with E-state index >= 15 is 0 Å². The number of hydrogen-bond donors (Lipinski definition) is 1. The minimum absolute atomic E-state index is 0.0768. The zero-order chi connectivity index (χ0) is 17.0. The van der Waals surface area contributed by atoms with Crippen LogP contribution in [-0.4, -0.2) is 18.6 Å². The van der Waals surface area contributed by atoms with E-state index in [1.807, 2.05) is 30.3 Å². The van der Waals surface area contributed by atoms with Gasteiger partial charge in [-0.3, -0.25) is 0 Å². The van der Waals surface area contributed by atoms with Gasteiger partial charge >= 0.3 is 0 Å². The smallest absolute Gasteiger partial charge is 0.242 e. The highest BCUT2D eigenvalue weighted by Crippen LogP contribution is 2.18.